The average molecular weight is 329 g/mol. The van der Waals surface area contributed by atoms with Crippen molar-refractivity contribution in [1.29, 1.82) is 0 Å². The molecule has 0 atom stereocenters. The molecule has 0 aliphatic heterocycles. The average Bonchev–Trinajstić information content (AvgIpc) is 2.61. The molecule has 0 radical (unpaired) electrons. The van der Waals surface area contributed by atoms with Crippen LogP contribution in [0.15, 0.2) is 42.5 Å². The number of benzene rings is 2. The molecule has 0 saturated heterocycles. The van der Waals surface area contributed by atoms with Crippen molar-refractivity contribution in [3.8, 4) is 11.5 Å². The zero-order chi connectivity index (χ0) is 17.5. The van der Waals surface area contributed by atoms with Gasteiger partial charge in [-0.15, -0.1) is 0 Å². The van der Waals surface area contributed by atoms with E-state index in [0.717, 1.165) is 0 Å². The monoisotopic (exact) mass is 329 g/mol. The van der Waals surface area contributed by atoms with E-state index in [4.69, 9.17) is 14.2 Å². The number of amides is 1. The predicted molar refractivity (Wildman–Crippen MR) is 89.9 cm³/mol. The Morgan fingerprint density at radius 2 is 1.71 bits per heavy atom. The Bertz CT molecular complexity index is 725. The van der Waals surface area contributed by atoms with Crippen molar-refractivity contribution in [1.82, 2.24) is 0 Å². The molecule has 0 bridgehead atoms. The summed E-state index contributed by atoms with van der Waals surface area (Å²) < 4.78 is 15.4. The maximum Gasteiger partial charge on any atom is 0.338 e. The molecule has 6 nitrogen and oxygen atoms in total. The van der Waals surface area contributed by atoms with Crippen LogP contribution >= 0.6 is 0 Å². The molecular formula is C18H19NO5. The zero-order valence-corrected chi connectivity index (χ0v) is 13.8. The third kappa shape index (κ3) is 3.84. The van der Waals surface area contributed by atoms with Crippen LogP contribution in [0.1, 0.15) is 27.6 Å². The largest absolute Gasteiger partial charge is 0.493 e. The molecule has 24 heavy (non-hydrogen) atoms. The SMILES string of the molecule is CCOC(=O)c1ccc(NC(=O)c2cccc(OC)c2OC)cc1. The number of ether oxygens (including phenoxy) is 3. The summed E-state index contributed by atoms with van der Waals surface area (Å²) in [6, 6.07) is 11.5. The number of nitrogens with one attached hydrogen (secondary N) is 1. The Kier molecular flexibility index (Phi) is 5.78. The molecule has 1 amide bonds. The lowest BCUT2D eigenvalue weighted by Gasteiger charge is -2.12. The van der Waals surface area contributed by atoms with Gasteiger partial charge in [0.2, 0.25) is 0 Å². The fourth-order valence-corrected chi connectivity index (χ4v) is 2.17. The van der Waals surface area contributed by atoms with Crippen molar-refractivity contribution >= 4 is 17.6 Å². The minimum Gasteiger partial charge on any atom is -0.493 e. The second-order valence-corrected chi connectivity index (χ2v) is 4.79. The smallest absolute Gasteiger partial charge is 0.338 e. The molecule has 0 fully saturated rings. The molecule has 0 heterocycles. The lowest BCUT2D eigenvalue weighted by Crippen LogP contribution is -2.14. The van der Waals surface area contributed by atoms with E-state index in [1.165, 1.54) is 14.2 Å². The summed E-state index contributed by atoms with van der Waals surface area (Å²) in [5.41, 5.74) is 1.33. The highest BCUT2D eigenvalue weighted by Gasteiger charge is 2.16. The number of carbonyl (C=O) groups is 2. The summed E-state index contributed by atoms with van der Waals surface area (Å²) in [6.45, 7) is 2.06. The first-order valence-corrected chi connectivity index (χ1v) is 7.40. The van der Waals surface area contributed by atoms with Crippen LogP contribution in [0.2, 0.25) is 0 Å². The van der Waals surface area contributed by atoms with Crippen molar-refractivity contribution in [2.24, 2.45) is 0 Å². The minimum atomic E-state index is -0.398. The van der Waals surface area contributed by atoms with Crippen LogP contribution < -0.4 is 14.8 Å². The number of rotatable bonds is 6. The van der Waals surface area contributed by atoms with Crippen molar-refractivity contribution in [2.75, 3.05) is 26.1 Å². The molecular weight excluding hydrogens is 310 g/mol. The number of carbonyl (C=O) groups excluding carboxylic acids is 2. The van der Waals surface area contributed by atoms with Crippen molar-refractivity contribution in [3.05, 3.63) is 53.6 Å². The number of hydrogen-bond donors (Lipinski definition) is 1. The predicted octanol–water partition coefficient (Wildman–Crippen LogP) is 3.13. The van der Waals surface area contributed by atoms with Gasteiger partial charge < -0.3 is 19.5 Å². The number of anilines is 1. The van der Waals surface area contributed by atoms with Crippen molar-refractivity contribution in [2.45, 2.75) is 6.92 Å². The quantitative estimate of drug-likeness (QED) is 0.824. The first-order valence-electron chi connectivity index (χ1n) is 7.40. The van der Waals surface area contributed by atoms with Gasteiger partial charge in [-0.2, -0.15) is 0 Å². The lowest BCUT2D eigenvalue weighted by molar-refractivity contribution is 0.0526. The van der Waals surface area contributed by atoms with Crippen LogP contribution in [-0.2, 0) is 4.74 Å². The Morgan fingerprint density at radius 1 is 1.00 bits per heavy atom. The fraction of sp³-hybridized carbons (Fsp3) is 0.222. The molecule has 0 spiro atoms. The summed E-state index contributed by atoms with van der Waals surface area (Å²) in [7, 11) is 2.98. The van der Waals surface area contributed by atoms with E-state index < -0.39 is 5.97 Å². The summed E-state index contributed by atoms with van der Waals surface area (Å²) in [4.78, 5) is 24.1. The highest BCUT2D eigenvalue weighted by atomic mass is 16.5. The van der Waals surface area contributed by atoms with Gasteiger partial charge in [-0.05, 0) is 43.3 Å². The van der Waals surface area contributed by atoms with Gasteiger partial charge in [0.05, 0.1) is 32.0 Å². The van der Waals surface area contributed by atoms with Crippen LogP contribution in [-0.4, -0.2) is 32.7 Å². The molecule has 1 N–H and O–H groups in total. The molecule has 126 valence electrons. The van der Waals surface area contributed by atoms with Gasteiger partial charge in [0.15, 0.2) is 11.5 Å². The summed E-state index contributed by atoms with van der Waals surface area (Å²) in [5, 5.41) is 2.76. The van der Waals surface area contributed by atoms with Crippen LogP contribution in [0, 0.1) is 0 Å². The highest BCUT2D eigenvalue weighted by Crippen LogP contribution is 2.31. The number of para-hydroxylation sites is 1. The topological polar surface area (TPSA) is 73.9 Å². The van der Waals surface area contributed by atoms with Gasteiger partial charge in [0.25, 0.3) is 5.91 Å². The number of esters is 1. The maximum absolute atomic E-state index is 12.4. The maximum atomic E-state index is 12.4. The lowest BCUT2D eigenvalue weighted by atomic mass is 10.1. The Hall–Kier alpha value is -3.02. The number of hydrogen-bond acceptors (Lipinski definition) is 5. The van der Waals surface area contributed by atoms with E-state index in [0.29, 0.717) is 34.9 Å². The Morgan fingerprint density at radius 3 is 2.29 bits per heavy atom. The Labute approximate surface area is 140 Å². The second-order valence-electron chi connectivity index (χ2n) is 4.79. The normalized spacial score (nSPS) is 9.96. The molecule has 2 aromatic carbocycles. The van der Waals surface area contributed by atoms with Crippen LogP contribution in [0.5, 0.6) is 11.5 Å². The fourth-order valence-electron chi connectivity index (χ4n) is 2.17. The molecule has 0 saturated carbocycles. The minimum absolute atomic E-state index is 0.312. The summed E-state index contributed by atoms with van der Waals surface area (Å²) in [5.74, 6) is 0.0999. The van der Waals surface area contributed by atoms with Gasteiger partial charge in [0.1, 0.15) is 0 Å². The third-order valence-corrected chi connectivity index (χ3v) is 3.30. The van der Waals surface area contributed by atoms with Gasteiger partial charge in [-0.25, -0.2) is 4.79 Å². The Balaban J connectivity index is 2.17. The van der Waals surface area contributed by atoms with Crippen LogP contribution in [0.4, 0.5) is 5.69 Å². The second kappa shape index (κ2) is 8.01. The van der Waals surface area contributed by atoms with E-state index in [1.54, 1.807) is 49.4 Å². The van der Waals surface area contributed by atoms with Gasteiger partial charge >= 0.3 is 5.97 Å². The first-order chi connectivity index (χ1) is 11.6. The van der Waals surface area contributed by atoms with Crippen molar-refractivity contribution < 1.29 is 23.8 Å². The van der Waals surface area contributed by atoms with Crippen LogP contribution in [0.3, 0.4) is 0 Å². The summed E-state index contributed by atoms with van der Waals surface area (Å²) in [6.07, 6.45) is 0. The molecule has 0 unspecified atom stereocenters. The number of methoxy groups -OCH3 is 2. The molecule has 0 aliphatic carbocycles. The van der Waals surface area contributed by atoms with E-state index in [9.17, 15) is 9.59 Å². The molecule has 6 heteroatoms. The standard InChI is InChI=1S/C18H19NO5/c1-4-24-18(21)12-8-10-13(11-9-12)19-17(20)14-6-5-7-15(22-2)16(14)23-3/h5-11H,4H2,1-3H3,(H,19,20). The van der Waals surface area contributed by atoms with E-state index >= 15 is 0 Å². The van der Waals surface area contributed by atoms with Crippen molar-refractivity contribution in [3.63, 3.8) is 0 Å². The van der Waals surface area contributed by atoms with Gasteiger partial charge in [-0.3, -0.25) is 4.79 Å². The summed E-state index contributed by atoms with van der Waals surface area (Å²) >= 11 is 0. The van der Waals surface area contributed by atoms with E-state index in [1.807, 2.05) is 0 Å². The van der Waals surface area contributed by atoms with E-state index in [-0.39, 0.29) is 5.91 Å². The zero-order valence-electron chi connectivity index (χ0n) is 13.8. The molecule has 0 aliphatic rings. The van der Waals surface area contributed by atoms with Gasteiger partial charge in [0, 0.05) is 5.69 Å². The van der Waals surface area contributed by atoms with Gasteiger partial charge in [-0.1, -0.05) is 6.07 Å². The third-order valence-electron chi connectivity index (χ3n) is 3.30. The molecule has 2 aromatic rings. The molecule has 0 aromatic heterocycles. The van der Waals surface area contributed by atoms with Crippen LogP contribution in [0.25, 0.3) is 0 Å². The molecule has 2 rings (SSSR count). The first kappa shape index (κ1) is 17.3. The van der Waals surface area contributed by atoms with E-state index in [2.05, 4.69) is 5.32 Å². The highest BCUT2D eigenvalue weighted by molar-refractivity contribution is 6.06.